The maximum Gasteiger partial charge on any atom is 0.414 e. The van der Waals surface area contributed by atoms with Gasteiger partial charge in [-0.05, 0) is 24.3 Å². The summed E-state index contributed by atoms with van der Waals surface area (Å²) < 4.78 is 21.2. The number of hydrogen-bond acceptors (Lipinski definition) is 7. The Kier molecular flexibility index (Phi) is 5.58. The van der Waals surface area contributed by atoms with E-state index in [9.17, 15) is 19.1 Å². The maximum absolute atomic E-state index is 14.8. The first-order chi connectivity index (χ1) is 14.9. The van der Waals surface area contributed by atoms with Crippen molar-refractivity contribution in [1.29, 1.82) is 0 Å². The third-order valence-electron chi connectivity index (χ3n) is 4.73. The average Bonchev–Trinajstić information content (AvgIpc) is 3.39. The standard InChI is InChI=1S/C20H19FN6O4/c1-12(28)23-9-15-10-26(20(30)31-15)14-4-5-18(16(21)7-14)27-11-17(24-25-27)19(29)13-3-2-6-22-8-13/h2-8,11,15,19,29H,9-10H2,1H3,(H,23,28). The number of amides is 2. The molecule has 0 radical (unpaired) electrons. The van der Waals surface area contributed by atoms with Gasteiger partial charge < -0.3 is 15.2 Å². The second-order valence-corrected chi connectivity index (χ2v) is 6.97. The van der Waals surface area contributed by atoms with E-state index in [4.69, 9.17) is 4.74 Å². The number of carbonyl (C=O) groups excluding carboxylic acids is 2. The molecule has 1 aliphatic rings. The van der Waals surface area contributed by atoms with Crippen LogP contribution in [0.1, 0.15) is 24.3 Å². The van der Waals surface area contributed by atoms with Crippen molar-refractivity contribution in [2.75, 3.05) is 18.0 Å². The van der Waals surface area contributed by atoms with Crippen LogP contribution in [0.2, 0.25) is 0 Å². The van der Waals surface area contributed by atoms with Crippen molar-refractivity contribution in [3.8, 4) is 5.69 Å². The summed E-state index contributed by atoms with van der Waals surface area (Å²) in [6, 6.07) is 7.58. The summed E-state index contributed by atoms with van der Waals surface area (Å²) >= 11 is 0. The first-order valence-corrected chi connectivity index (χ1v) is 9.45. The van der Waals surface area contributed by atoms with Crippen LogP contribution < -0.4 is 10.2 Å². The van der Waals surface area contributed by atoms with E-state index in [0.29, 0.717) is 11.3 Å². The summed E-state index contributed by atoms with van der Waals surface area (Å²) in [5.41, 5.74) is 1.18. The Hall–Kier alpha value is -3.86. The van der Waals surface area contributed by atoms with Crippen LogP contribution in [0.25, 0.3) is 5.69 Å². The highest BCUT2D eigenvalue weighted by atomic mass is 19.1. The Morgan fingerprint density at radius 2 is 2.26 bits per heavy atom. The smallest absolute Gasteiger partial charge is 0.414 e. The van der Waals surface area contributed by atoms with Gasteiger partial charge in [-0.2, -0.15) is 0 Å². The number of aromatic nitrogens is 4. The molecule has 2 amide bonds. The maximum atomic E-state index is 14.8. The minimum Gasteiger partial charge on any atom is -0.442 e. The number of rotatable bonds is 6. The van der Waals surface area contributed by atoms with E-state index < -0.39 is 24.1 Å². The molecule has 31 heavy (non-hydrogen) atoms. The van der Waals surface area contributed by atoms with Gasteiger partial charge in [0, 0.05) is 24.9 Å². The van der Waals surface area contributed by atoms with Gasteiger partial charge in [0.15, 0.2) is 5.82 Å². The number of ether oxygens (including phenoxy) is 1. The fraction of sp³-hybridized carbons (Fsp3) is 0.250. The summed E-state index contributed by atoms with van der Waals surface area (Å²) in [4.78, 5) is 28.4. The highest BCUT2D eigenvalue weighted by Gasteiger charge is 2.32. The fourth-order valence-electron chi connectivity index (χ4n) is 3.17. The molecule has 160 valence electrons. The van der Waals surface area contributed by atoms with E-state index in [2.05, 4.69) is 20.6 Å². The van der Waals surface area contributed by atoms with E-state index in [1.54, 1.807) is 24.4 Å². The summed E-state index contributed by atoms with van der Waals surface area (Å²) in [5.74, 6) is -0.867. The van der Waals surface area contributed by atoms with E-state index in [1.807, 2.05) is 0 Å². The van der Waals surface area contributed by atoms with Crippen LogP contribution in [-0.2, 0) is 9.53 Å². The molecule has 1 aliphatic heterocycles. The molecule has 4 rings (SSSR count). The minimum absolute atomic E-state index is 0.100. The lowest BCUT2D eigenvalue weighted by Gasteiger charge is -2.14. The van der Waals surface area contributed by atoms with E-state index in [-0.39, 0.29) is 30.4 Å². The van der Waals surface area contributed by atoms with Gasteiger partial charge in [-0.15, -0.1) is 5.10 Å². The predicted molar refractivity (Wildman–Crippen MR) is 106 cm³/mol. The number of hydrogen-bond donors (Lipinski definition) is 2. The fourth-order valence-corrected chi connectivity index (χ4v) is 3.17. The van der Waals surface area contributed by atoms with Gasteiger partial charge in [0.05, 0.1) is 25.0 Å². The van der Waals surface area contributed by atoms with Gasteiger partial charge in [-0.1, -0.05) is 11.3 Å². The van der Waals surface area contributed by atoms with Crippen molar-refractivity contribution in [3.63, 3.8) is 0 Å². The molecule has 2 unspecified atom stereocenters. The van der Waals surface area contributed by atoms with Crippen molar-refractivity contribution < 1.29 is 23.8 Å². The zero-order chi connectivity index (χ0) is 22.0. The van der Waals surface area contributed by atoms with Crippen molar-refractivity contribution >= 4 is 17.7 Å². The molecule has 11 heteroatoms. The zero-order valence-corrected chi connectivity index (χ0v) is 16.5. The number of aliphatic hydroxyl groups is 1. The molecule has 2 atom stereocenters. The van der Waals surface area contributed by atoms with Crippen molar-refractivity contribution in [2.24, 2.45) is 0 Å². The van der Waals surface area contributed by atoms with Crippen LogP contribution in [0.4, 0.5) is 14.9 Å². The van der Waals surface area contributed by atoms with Crippen LogP contribution in [-0.4, -0.2) is 56.3 Å². The van der Waals surface area contributed by atoms with E-state index in [1.165, 1.54) is 41.0 Å². The quantitative estimate of drug-likeness (QED) is 0.610. The van der Waals surface area contributed by atoms with E-state index >= 15 is 0 Å². The molecule has 3 aromatic rings. The number of anilines is 1. The predicted octanol–water partition coefficient (Wildman–Crippen LogP) is 1.34. The monoisotopic (exact) mass is 426 g/mol. The zero-order valence-electron chi connectivity index (χ0n) is 16.5. The summed E-state index contributed by atoms with van der Waals surface area (Å²) in [6.45, 7) is 1.73. The topological polar surface area (TPSA) is 122 Å². The molecular formula is C20H19FN6O4. The highest BCUT2D eigenvalue weighted by molar-refractivity contribution is 5.90. The summed E-state index contributed by atoms with van der Waals surface area (Å²) in [6.07, 6.45) is 2.32. The molecule has 10 nitrogen and oxygen atoms in total. The van der Waals surface area contributed by atoms with Gasteiger partial charge in [0.25, 0.3) is 0 Å². The van der Waals surface area contributed by atoms with E-state index in [0.717, 1.165) is 0 Å². The number of carbonyl (C=O) groups is 2. The van der Waals surface area contributed by atoms with Gasteiger partial charge in [0.1, 0.15) is 23.6 Å². The van der Waals surface area contributed by atoms with Crippen molar-refractivity contribution in [2.45, 2.75) is 19.1 Å². The van der Waals surface area contributed by atoms with Gasteiger partial charge in [-0.3, -0.25) is 14.7 Å². The van der Waals surface area contributed by atoms with Crippen LogP contribution in [0.3, 0.4) is 0 Å². The Morgan fingerprint density at radius 1 is 1.42 bits per heavy atom. The third kappa shape index (κ3) is 4.36. The lowest BCUT2D eigenvalue weighted by molar-refractivity contribution is -0.119. The van der Waals surface area contributed by atoms with Crippen LogP contribution >= 0.6 is 0 Å². The Balaban J connectivity index is 1.50. The molecule has 2 N–H and O–H groups in total. The van der Waals surface area contributed by atoms with Crippen LogP contribution in [0.15, 0.2) is 48.9 Å². The Labute approximate surface area is 176 Å². The number of cyclic esters (lactones) is 1. The number of nitrogens with one attached hydrogen (secondary N) is 1. The number of pyridine rings is 1. The first-order valence-electron chi connectivity index (χ1n) is 9.45. The second-order valence-electron chi connectivity index (χ2n) is 6.97. The molecule has 0 bridgehead atoms. The lowest BCUT2D eigenvalue weighted by atomic mass is 10.1. The largest absolute Gasteiger partial charge is 0.442 e. The Morgan fingerprint density at radius 3 is 2.97 bits per heavy atom. The van der Waals surface area contributed by atoms with Gasteiger partial charge in [0.2, 0.25) is 5.91 Å². The molecule has 0 saturated carbocycles. The SMILES string of the molecule is CC(=O)NCC1CN(c2ccc(-n3cc(C(O)c4cccnc4)nn3)c(F)c2)C(=O)O1. The molecule has 1 aromatic carbocycles. The summed E-state index contributed by atoms with van der Waals surface area (Å²) in [7, 11) is 0. The number of benzene rings is 1. The van der Waals surface area contributed by atoms with Crippen molar-refractivity contribution in [1.82, 2.24) is 25.3 Å². The normalized spacial score (nSPS) is 16.8. The average molecular weight is 426 g/mol. The first kappa shape index (κ1) is 20.4. The number of aliphatic hydroxyl groups excluding tert-OH is 1. The minimum atomic E-state index is -1.05. The summed E-state index contributed by atoms with van der Waals surface area (Å²) in [5, 5.41) is 20.8. The van der Waals surface area contributed by atoms with Gasteiger partial charge >= 0.3 is 6.09 Å². The molecule has 1 saturated heterocycles. The van der Waals surface area contributed by atoms with Gasteiger partial charge in [-0.25, -0.2) is 13.9 Å². The molecule has 1 fully saturated rings. The molecule has 3 heterocycles. The molecule has 2 aromatic heterocycles. The molecule has 0 aliphatic carbocycles. The van der Waals surface area contributed by atoms with Crippen LogP contribution in [0, 0.1) is 5.82 Å². The Bertz CT molecular complexity index is 1110. The molecular weight excluding hydrogens is 407 g/mol. The number of halogens is 1. The number of nitrogens with zero attached hydrogens (tertiary/aromatic N) is 5. The highest BCUT2D eigenvalue weighted by Crippen LogP contribution is 2.26. The second kappa shape index (κ2) is 8.48. The van der Waals surface area contributed by atoms with Crippen molar-refractivity contribution in [3.05, 3.63) is 66.0 Å². The molecule has 0 spiro atoms. The lowest BCUT2D eigenvalue weighted by Crippen LogP contribution is -2.33. The van der Waals surface area contributed by atoms with Crippen LogP contribution in [0.5, 0.6) is 0 Å². The third-order valence-corrected chi connectivity index (χ3v) is 4.73.